The molecule has 0 radical (unpaired) electrons. The van der Waals surface area contributed by atoms with Crippen LogP contribution in [0.15, 0.2) is 23.3 Å². The van der Waals surface area contributed by atoms with Gasteiger partial charge in [-0.25, -0.2) is 0 Å². The number of ether oxygens (including phenoxy) is 1. The number of Topliss-reactive ketones (excluding diaryl/α,β-unsaturated/α-hetero) is 1. The average Bonchev–Trinajstić information content (AvgIpc) is 2.83. The normalized spacial score (nSPS) is 44.0. The molecule has 24 heavy (non-hydrogen) atoms. The third kappa shape index (κ3) is 2.16. The highest BCUT2D eigenvalue weighted by atomic mass is 16.5. The predicted molar refractivity (Wildman–Crippen MR) is 92.2 cm³/mol. The second kappa shape index (κ2) is 5.31. The molecule has 0 heterocycles. The van der Waals surface area contributed by atoms with Crippen LogP contribution in [0.2, 0.25) is 0 Å². The number of rotatable bonds is 1. The predicted octanol–water partition coefficient (Wildman–Crippen LogP) is 4.37. The van der Waals surface area contributed by atoms with Gasteiger partial charge in [0.15, 0.2) is 0 Å². The maximum atomic E-state index is 12.4. The van der Waals surface area contributed by atoms with Crippen molar-refractivity contribution in [3.8, 4) is 0 Å². The van der Waals surface area contributed by atoms with Crippen molar-refractivity contribution >= 4 is 11.8 Å². The van der Waals surface area contributed by atoms with E-state index >= 15 is 0 Å². The van der Waals surface area contributed by atoms with Crippen molar-refractivity contribution in [2.75, 3.05) is 0 Å². The Morgan fingerprint density at radius 1 is 1.08 bits per heavy atom. The van der Waals surface area contributed by atoms with Crippen LogP contribution in [0.5, 0.6) is 0 Å². The van der Waals surface area contributed by atoms with Gasteiger partial charge in [0.2, 0.25) is 0 Å². The zero-order chi connectivity index (χ0) is 17.1. The summed E-state index contributed by atoms with van der Waals surface area (Å²) >= 11 is 0. The molecule has 5 atom stereocenters. The lowest BCUT2D eigenvalue weighted by molar-refractivity contribution is -0.148. The summed E-state index contributed by atoms with van der Waals surface area (Å²) in [5.74, 6) is 1.32. The van der Waals surface area contributed by atoms with E-state index in [0.717, 1.165) is 44.9 Å². The van der Waals surface area contributed by atoms with Crippen LogP contribution in [-0.4, -0.2) is 17.9 Å². The fourth-order valence-corrected chi connectivity index (χ4v) is 6.08. The van der Waals surface area contributed by atoms with Gasteiger partial charge < -0.3 is 4.74 Å². The Labute approximate surface area is 144 Å². The van der Waals surface area contributed by atoms with Crippen LogP contribution < -0.4 is 0 Å². The molecule has 4 rings (SSSR count). The van der Waals surface area contributed by atoms with E-state index in [4.69, 9.17) is 4.74 Å². The van der Waals surface area contributed by atoms with Crippen LogP contribution >= 0.6 is 0 Å². The summed E-state index contributed by atoms with van der Waals surface area (Å²) in [7, 11) is 0. The third-order valence-corrected chi connectivity index (χ3v) is 7.57. The van der Waals surface area contributed by atoms with E-state index < -0.39 is 0 Å². The van der Waals surface area contributed by atoms with Crippen molar-refractivity contribution in [3.05, 3.63) is 23.3 Å². The molecule has 0 aromatic carbocycles. The molecule has 0 N–H and O–H groups in total. The first-order valence-electron chi connectivity index (χ1n) is 9.46. The Hall–Kier alpha value is -1.38. The van der Waals surface area contributed by atoms with E-state index in [1.54, 1.807) is 0 Å². The zero-order valence-corrected chi connectivity index (χ0v) is 15.1. The Balaban J connectivity index is 1.65. The maximum absolute atomic E-state index is 12.4. The van der Waals surface area contributed by atoms with Gasteiger partial charge >= 0.3 is 5.97 Å². The van der Waals surface area contributed by atoms with Crippen molar-refractivity contribution in [2.45, 2.75) is 71.8 Å². The summed E-state index contributed by atoms with van der Waals surface area (Å²) in [4.78, 5) is 23.7. The Bertz CT molecular complexity index is 658. The lowest BCUT2D eigenvalue weighted by Gasteiger charge is -2.53. The average molecular weight is 328 g/mol. The number of esters is 1. The molecule has 3 heteroatoms. The Kier molecular flexibility index (Phi) is 3.56. The smallest absolute Gasteiger partial charge is 0.302 e. The van der Waals surface area contributed by atoms with Gasteiger partial charge in [-0.05, 0) is 49.4 Å². The van der Waals surface area contributed by atoms with E-state index in [2.05, 4.69) is 26.0 Å². The second-order valence-corrected chi connectivity index (χ2v) is 8.77. The van der Waals surface area contributed by atoms with Gasteiger partial charge in [-0.3, -0.25) is 9.59 Å². The number of allylic oxidation sites excluding steroid dienone is 3. The van der Waals surface area contributed by atoms with E-state index in [0.29, 0.717) is 17.6 Å². The molecule has 3 saturated carbocycles. The molecule has 0 amide bonds. The van der Waals surface area contributed by atoms with Gasteiger partial charge in [-0.2, -0.15) is 0 Å². The molecule has 0 spiro atoms. The number of hydrogen-bond acceptors (Lipinski definition) is 3. The molecule has 0 unspecified atom stereocenters. The van der Waals surface area contributed by atoms with Crippen molar-refractivity contribution in [3.63, 3.8) is 0 Å². The van der Waals surface area contributed by atoms with Crippen molar-refractivity contribution in [2.24, 2.45) is 22.7 Å². The fourth-order valence-electron chi connectivity index (χ4n) is 6.08. The maximum Gasteiger partial charge on any atom is 0.302 e. The van der Waals surface area contributed by atoms with E-state index in [9.17, 15) is 9.59 Å². The topological polar surface area (TPSA) is 43.4 Å². The van der Waals surface area contributed by atoms with Crippen LogP contribution in [0.4, 0.5) is 0 Å². The molecule has 0 saturated heterocycles. The third-order valence-electron chi connectivity index (χ3n) is 7.57. The first-order chi connectivity index (χ1) is 11.3. The lowest BCUT2D eigenvalue weighted by atomic mass is 9.51. The van der Waals surface area contributed by atoms with Gasteiger partial charge in [0.1, 0.15) is 11.9 Å². The monoisotopic (exact) mass is 328 g/mol. The first kappa shape index (κ1) is 16.1. The molecule has 130 valence electrons. The number of carbonyl (C=O) groups is 2. The zero-order valence-electron chi connectivity index (χ0n) is 15.1. The summed E-state index contributed by atoms with van der Waals surface area (Å²) in [6, 6.07) is 0. The minimum absolute atomic E-state index is 0.0405. The molecule has 3 fully saturated rings. The van der Waals surface area contributed by atoms with Crippen molar-refractivity contribution in [1.29, 1.82) is 0 Å². The molecule has 0 aromatic heterocycles. The number of carbonyl (C=O) groups excluding carboxylic acids is 2. The van der Waals surface area contributed by atoms with Gasteiger partial charge in [-0.1, -0.05) is 37.1 Å². The van der Waals surface area contributed by atoms with E-state index in [1.807, 2.05) is 0 Å². The molecule has 0 aromatic rings. The van der Waals surface area contributed by atoms with Gasteiger partial charge in [0.05, 0.1) is 0 Å². The van der Waals surface area contributed by atoms with Crippen molar-refractivity contribution < 1.29 is 14.3 Å². The van der Waals surface area contributed by atoms with Crippen LogP contribution in [0.3, 0.4) is 0 Å². The SMILES string of the molecule is CC(=O)O[C@@H]1CC[C@]2(C)C(=CC=C3[C@H]2CC[C@@]2(C)C(=O)CC[C@@H]32)C1. The van der Waals surface area contributed by atoms with Crippen LogP contribution in [0.25, 0.3) is 0 Å². The minimum Gasteiger partial charge on any atom is -0.462 e. The quantitative estimate of drug-likeness (QED) is 0.671. The van der Waals surface area contributed by atoms with Gasteiger partial charge in [0.25, 0.3) is 0 Å². The largest absolute Gasteiger partial charge is 0.462 e. The highest BCUT2D eigenvalue weighted by molar-refractivity contribution is 5.88. The molecule has 4 aliphatic rings. The molecular formula is C21H28O3. The standard InChI is InChI=1S/C21H28O3/c1-13(22)24-15-8-10-20(2)14(12-15)4-5-16-17-6-7-19(23)21(17,3)11-9-18(16)20/h4-5,15,17-18H,6-12H2,1-3H3/t15-,17+,18-,20-,21-/m1/s1. The molecular weight excluding hydrogens is 300 g/mol. The molecule has 0 bridgehead atoms. The van der Waals surface area contributed by atoms with Crippen molar-refractivity contribution in [1.82, 2.24) is 0 Å². The lowest BCUT2D eigenvalue weighted by Crippen LogP contribution is -2.46. The van der Waals surface area contributed by atoms with E-state index in [1.165, 1.54) is 18.1 Å². The summed E-state index contributed by atoms with van der Waals surface area (Å²) in [6.45, 7) is 6.10. The summed E-state index contributed by atoms with van der Waals surface area (Å²) in [5, 5.41) is 0. The first-order valence-corrected chi connectivity index (χ1v) is 9.46. The van der Waals surface area contributed by atoms with Crippen LogP contribution in [0.1, 0.15) is 65.7 Å². The number of fused-ring (bicyclic) bond motifs is 5. The molecule has 4 aliphatic carbocycles. The van der Waals surface area contributed by atoms with Gasteiger partial charge in [-0.15, -0.1) is 0 Å². The fraction of sp³-hybridized carbons (Fsp3) is 0.714. The highest BCUT2D eigenvalue weighted by Gasteiger charge is 2.56. The Morgan fingerprint density at radius 3 is 2.54 bits per heavy atom. The molecule has 0 aliphatic heterocycles. The van der Waals surface area contributed by atoms with Gasteiger partial charge in [0, 0.05) is 25.2 Å². The number of ketones is 1. The Morgan fingerprint density at radius 2 is 1.79 bits per heavy atom. The second-order valence-electron chi connectivity index (χ2n) is 8.77. The minimum atomic E-state index is -0.172. The summed E-state index contributed by atoms with van der Waals surface area (Å²) in [6.07, 6.45) is 11.5. The highest BCUT2D eigenvalue weighted by Crippen LogP contribution is 2.62. The van der Waals surface area contributed by atoms with E-state index in [-0.39, 0.29) is 22.9 Å². The van der Waals surface area contributed by atoms with Crippen LogP contribution in [-0.2, 0) is 14.3 Å². The molecule has 3 nitrogen and oxygen atoms in total. The number of hydrogen-bond donors (Lipinski definition) is 0. The summed E-state index contributed by atoms with van der Waals surface area (Å²) < 4.78 is 5.48. The van der Waals surface area contributed by atoms with Crippen LogP contribution in [0, 0.1) is 22.7 Å². The summed E-state index contributed by atoms with van der Waals surface area (Å²) in [5.41, 5.74) is 3.06.